The molecule has 0 fully saturated rings. The number of likely N-dealkylation sites (N-methyl/N-ethyl adjacent to an activating group) is 1. The van der Waals surface area contributed by atoms with Crippen molar-refractivity contribution in [1.29, 1.82) is 0 Å². The molecular formula is C15H34NO5S+. The lowest BCUT2D eigenvalue weighted by Gasteiger charge is -2.34. The van der Waals surface area contributed by atoms with E-state index >= 15 is 0 Å². The Morgan fingerprint density at radius 3 is 2.05 bits per heavy atom. The summed E-state index contributed by atoms with van der Waals surface area (Å²) in [6.45, 7) is 9.80. The van der Waals surface area contributed by atoms with Crippen LogP contribution >= 0.6 is 0 Å². The molecule has 0 spiro atoms. The molecule has 0 heterocycles. The van der Waals surface area contributed by atoms with Crippen LogP contribution in [-0.4, -0.2) is 76.3 Å². The summed E-state index contributed by atoms with van der Waals surface area (Å²) in [6, 6.07) is 0. The number of hydrogen-bond donors (Lipinski definition) is 1. The first-order valence-electron chi connectivity index (χ1n) is 8.27. The Labute approximate surface area is 136 Å². The van der Waals surface area contributed by atoms with E-state index in [4.69, 9.17) is 14.0 Å². The van der Waals surface area contributed by atoms with Gasteiger partial charge in [-0.15, -0.1) is 0 Å². The summed E-state index contributed by atoms with van der Waals surface area (Å²) in [5.41, 5.74) is 0. The van der Waals surface area contributed by atoms with E-state index < -0.39 is 10.1 Å². The maximum Gasteiger partial charge on any atom is 0.264 e. The highest BCUT2D eigenvalue weighted by atomic mass is 32.2. The molecule has 0 rings (SSSR count). The van der Waals surface area contributed by atoms with Gasteiger partial charge in [0.15, 0.2) is 0 Å². The second kappa shape index (κ2) is 12.2. The van der Waals surface area contributed by atoms with Gasteiger partial charge in [0.2, 0.25) is 0 Å². The molecule has 134 valence electrons. The number of hydrogen-bond acceptors (Lipinski definition) is 4. The van der Waals surface area contributed by atoms with Crippen molar-refractivity contribution in [3.8, 4) is 0 Å². The highest BCUT2D eigenvalue weighted by Gasteiger charge is 2.20. The predicted molar refractivity (Wildman–Crippen MR) is 88.7 cm³/mol. The highest BCUT2D eigenvalue weighted by molar-refractivity contribution is 7.85. The molecule has 0 aromatic rings. The predicted octanol–water partition coefficient (Wildman–Crippen LogP) is 1.95. The van der Waals surface area contributed by atoms with E-state index in [0.717, 1.165) is 50.0 Å². The first-order valence-corrected chi connectivity index (χ1v) is 9.88. The molecule has 0 radical (unpaired) electrons. The molecule has 0 aliphatic rings. The van der Waals surface area contributed by atoms with Gasteiger partial charge < -0.3 is 14.0 Å². The Hall–Kier alpha value is -0.210. The molecule has 1 unspecified atom stereocenters. The molecule has 0 saturated heterocycles. The van der Waals surface area contributed by atoms with Crippen LogP contribution in [0.3, 0.4) is 0 Å². The second-order valence-electron chi connectivity index (χ2n) is 6.01. The van der Waals surface area contributed by atoms with Crippen molar-refractivity contribution < 1.29 is 26.9 Å². The number of rotatable bonds is 15. The van der Waals surface area contributed by atoms with Crippen molar-refractivity contribution in [3.63, 3.8) is 0 Å². The van der Waals surface area contributed by atoms with Crippen LogP contribution < -0.4 is 0 Å². The molecule has 6 nitrogen and oxygen atoms in total. The van der Waals surface area contributed by atoms with Crippen molar-refractivity contribution in [1.82, 2.24) is 0 Å². The second-order valence-corrected chi connectivity index (χ2v) is 7.58. The third-order valence-corrected chi connectivity index (χ3v) is 4.41. The van der Waals surface area contributed by atoms with Gasteiger partial charge in [0.1, 0.15) is 6.54 Å². The SMILES string of the molecule is CCCOCCOCC[N+](C)(CCC)CCCCS(=O)(=O)O. The van der Waals surface area contributed by atoms with Gasteiger partial charge >= 0.3 is 0 Å². The van der Waals surface area contributed by atoms with E-state index in [-0.39, 0.29) is 5.75 Å². The van der Waals surface area contributed by atoms with Gasteiger partial charge in [-0.25, -0.2) is 0 Å². The molecule has 0 aliphatic carbocycles. The quantitative estimate of drug-likeness (QED) is 0.280. The van der Waals surface area contributed by atoms with E-state index in [1.165, 1.54) is 0 Å². The number of quaternary nitrogens is 1. The number of unbranched alkanes of at least 4 members (excludes halogenated alkanes) is 1. The summed E-state index contributed by atoms with van der Waals surface area (Å²) in [4.78, 5) is 0. The van der Waals surface area contributed by atoms with Crippen LogP contribution in [0.4, 0.5) is 0 Å². The van der Waals surface area contributed by atoms with Crippen molar-refractivity contribution in [2.24, 2.45) is 0 Å². The van der Waals surface area contributed by atoms with Crippen LogP contribution in [0, 0.1) is 0 Å². The van der Waals surface area contributed by atoms with E-state index in [2.05, 4.69) is 20.9 Å². The molecule has 7 heteroatoms. The Balaban J connectivity index is 3.89. The third-order valence-electron chi connectivity index (χ3n) is 3.61. The van der Waals surface area contributed by atoms with Crippen LogP contribution in [-0.2, 0) is 19.6 Å². The molecular weight excluding hydrogens is 306 g/mol. The zero-order valence-corrected chi connectivity index (χ0v) is 15.2. The lowest BCUT2D eigenvalue weighted by molar-refractivity contribution is -0.910. The fraction of sp³-hybridized carbons (Fsp3) is 1.00. The fourth-order valence-electron chi connectivity index (χ4n) is 2.40. The fourth-order valence-corrected chi connectivity index (χ4v) is 2.97. The van der Waals surface area contributed by atoms with Gasteiger partial charge in [0.05, 0.1) is 45.7 Å². The van der Waals surface area contributed by atoms with Crippen molar-refractivity contribution >= 4 is 10.1 Å². The summed E-state index contributed by atoms with van der Waals surface area (Å²) < 4.78 is 42.0. The maximum atomic E-state index is 10.7. The molecule has 0 bridgehead atoms. The van der Waals surface area contributed by atoms with E-state index in [1.807, 2.05) is 0 Å². The minimum absolute atomic E-state index is 0.148. The molecule has 22 heavy (non-hydrogen) atoms. The monoisotopic (exact) mass is 340 g/mol. The van der Waals surface area contributed by atoms with Crippen LogP contribution in [0.25, 0.3) is 0 Å². The summed E-state index contributed by atoms with van der Waals surface area (Å²) in [6.07, 6.45) is 3.39. The molecule has 0 saturated carbocycles. The summed E-state index contributed by atoms with van der Waals surface area (Å²) in [5.74, 6) is -0.148. The van der Waals surface area contributed by atoms with Gasteiger partial charge in [-0.2, -0.15) is 8.42 Å². The largest absolute Gasteiger partial charge is 0.379 e. The van der Waals surface area contributed by atoms with Crippen LogP contribution in [0.15, 0.2) is 0 Å². The van der Waals surface area contributed by atoms with E-state index in [9.17, 15) is 8.42 Å². The minimum atomic E-state index is -3.83. The first-order chi connectivity index (χ1) is 10.3. The van der Waals surface area contributed by atoms with Gasteiger partial charge in [-0.3, -0.25) is 4.55 Å². The zero-order valence-electron chi connectivity index (χ0n) is 14.4. The van der Waals surface area contributed by atoms with Crippen LogP contribution in [0.1, 0.15) is 39.5 Å². The smallest absolute Gasteiger partial charge is 0.264 e. The van der Waals surface area contributed by atoms with Crippen molar-refractivity contribution in [3.05, 3.63) is 0 Å². The Morgan fingerprint density at radius 2 is 1.50 bits per heavy atom. The average molecular weight is 341 g/mol. The normalized spacial score (nSPS) is 14.9. The molecule has 0 aromatic heterocycles. The van der Waals surface area contributed by atoms with E-state index in [0.29, 0.717) is 26.2 Å². The molecule has 0 amide bonds. The topological polar surface area (TPSA) is 72.8 Å². The van der Waals surface area contributed by atoms with Crippen molar-refractivity contribution in [2.75, 3.05) is 58.9 Å². The van der Waals surface area contributed by atoms with Crippen molar-refractivity contribution in [2.45, 2.75) is 39.5 Å². The molecule has 1 N–H and O–H groups in total. The average Bonchev–Trinajstić information content (AvgIpc) is 2.42. The minimum Gasteiger partial charge on any atom is -0.379 e. The summed E-state index contributed by atoms with van der Waals surface area (Å²) >= 11 is 0. The zero-order chi connectivity index (χ0) is 16.9. The van der Waals surface area contributed by atoms with Gasteiger partial charge in [-0.1, -0.05) is 13.8 Å². The summed E-state index contributed by atoms with van der Waals surface area (Å²) in [5, 5.41) is 0. The number of ether oxygens (including phenoxy) is 2. The molecule has 0 aliphatic heterocycles. The Kier molecular flexibility index (Phi) is 12.1. The third kappa shape index (κ3) is 13.5. The number of nitrogens with zero attached hydrogens (tertiary/aromatic N) is 1. The first kappa shape index (κ1) is 21.8. The maximum absolute atomic E-state index is 10.7. The van der Waals surface area contributed by atoms with E-state index in [1.54, 1.807) is 0 Å². The standard InChI is InChI=1S/C15H33NO5S/c1-4-8-16(3,9-6-7-15-22(17,18)19)10-12-21-14-13-20-11-5-2/h4-15H2,1-3H3/p+1. The van der Waals surface area contributed by atoms with Gasteiger partial charge in [0.25, 0.3) is 10.1 Å². The summed E-state index contributed by atoms with van der Waals surface area (Å²) in [7, 11) is -1.66. The Bertz CT molecular complexity index is 361. The highest BCUT2D eigenvalue weighted by Crippen LogP contribution is 2.08. The van der Waals surface area contributed by atoms with Crippen LogP contribution in [0.5, 0.6) is 0 Å². The van der Waals surface area contributed by atoms with Crippen LogP contribution in [0.2, 0.25) is 0 Å². The van der Waals surface area contributed by atoms with Gasteiger partial charge in [0, 0.05) is 6.61 Å². The van der Waals surface area contributed by atoms with Gasteiger partial charge in [-0.05, 0) is 25.7 Å². The molecule has 1 atom stereocenters. The molecule has 0 aromatic carbocycles. The lowest BCUT2D eigenvalue weighted by atomic mass is 10.2. The lowest BCUT2D eigenvalue weighted by Crippen LogP contribution is -2.47. The Morgan fingerprint density at radius 1 is 0.864 bits per heavy atom.